The molecule has 2 fully saturated rings. The molecule has 4 heterocycles. The molecule has 0 bridgehead atoms. The lowest BCUT2D eigenvalue weighted by atomic mass is 10.1. The summed E-state index contributed by atoms with van der Waals surface area (Å²) in [5.74, 6) is 0.108. The van der Waals surface area contributed by atoms with E-state index in [9.17, 15) is 4.79 Å². The number of nitrogens with one attached hydrogen (secondary N) is 1. The number of carbonyl (C=O) groups excluding carboxylic acids is 1. The molecule has 0 atom stereocenters. The van der Waals surface area contributed by atoms with Crippen LogP contribution in [0.1, 0.15) is 42.6 Å². The molecule has 0 spiro atoms. The van der Waals surface area contributed by atoms with Gasteiger partial charge in [-0.1, -0.05) is 0 Å². The highest BCUT2D eigenvalue weighted by Gasteiger charge is 2.22. The second-order valence-electron chi connectivity index (χ2n) is 9.25. The summed E-state index contributed by atoms with van der Waals surface area (Å²) in [5.41, 5.74) is 5.30. The van der Waals surface area contributed by atoms with Crippen LogP contribution in [0.5, 0.6) is 0 Å². The van der Waals surface area contributed by atoms with E-state index in [1.807, 2.05) is 29.2 Å². The molecule has 1 N–H and O–H groups in total. The van der Waals surface area contributed by atoms with Crippen LogP contribution in [0.15, 0.2) is 36.7 Å². The second-order valence-corrected chi connectivity index (χ2v) is 9.25. The second kappa shape index (κ2) is 10.1. The zero-order valence-corrected chi connectivity index (χ0v) is 20.2. The van der Waals surface area contributed by atoms with Crippen LogP contribution >= 0.6 is 0 Å². The number of fused-ring (bicyclic) bond motifs is 1. The molecule has 180 valence electrons. The van der Waals surface area contributed by atoms with Crippen LogP contribution in [0.3, 0.4) is 0 Å². The van der Waals surface area contributed by atoms with Gasteiger partial charge in [-0.2, -0.15) is 5.10 Å². The standard InChI is InChI=1S/C26H34N6O2/c1-3-32-26-24(17-28-32)25(29-22-8-14-34-15-9-22)21(16-27-26)18-30-10-12-31(13-11-30)23-6-4-20(5-7-23)19(2)33/h4-7,16-17,22H,3,8-15,18H2,1-2H3,(H,27,29). The average Bonchev–Trinajstić information content (AvgIpc) is 3.30. The zero-order chi connectivity index (χ0) is 23.5. The topological polar surface area (TPSA) is 75.5 Å². The molecule has 0 amide bonds. The van der Waals surface area contributed by atoms with Gasteiger partial charge < -0.3 is 15.0 Å². The van der Waals surface area contributed by atoms with E-state index in [0.717, 1.165) is 81.9 Å². The fourth-order valence-electron chi connectivity index (χ4n) is 4.95. The first kappa shape index (κ1) is 22.8. The molecule has 1 aromatic carbocycles. The predicted octanol–water partition coefficient (Wildman–Crippen LogP) is 3.57. The summed E-state index contributed by atoms with van der Waals surface area (Å²) in [6.45, 7) is 10.9. The number of nitrogens with zero attached hydrogens (tertiary/aromatic N) is 5. The van der Waals surface area contributed by atoms with Crippen LogP contribution < -0.4 is 10.2 Å². The van der Waals surface area contributed by atoms with Crippen LogP contribution in [0.25, 0.3) is 11.0 Å². The van der Waals surface area contributed by atoms with E-state index in [0.29, 0.717) is 6.04 Å². The van der Waals surface area contributed by atoms with Crippen LogP contribution in [0.4, 0.5) is 11.4 Å². The van der Waals surface area contributed by atoms with Crippen LogP contribution in [-0.4, -0.2) is 70.9 Å². The number of Topliss-reactive ketones (excluding diaryl/α,β-unsaturated/α-hetero) is 1. The van der Waals surface area contributed by atoms with Crippen LogP contribution in [-0.2, 0) is 17.8 Å². The molecular weight excluding hydrogens is 428 g/mol. The smallest absolute Gasteiger partial charge is 0.159 e. The maximum Gasteiger partial charge on any atom is 0.159 e. The Morgan fingerprint density at radius 3 is 2.50 bits per heavy atom. The highest BCUT2D eigenvalue weighted by atomic mass is 16.5. The van der Waals surface area contributed by atoms with Crippen molar-refractivity contribution in [1.29, 1.82) is 0 Å². The van der Waals surface area contributed by atoms with Crippen molar-refractivity contribution in [3.63, 3.8) is 0 Å². The van der Waals surface area contributed by atoms with Crippen molar-refractivity contribution in [3.05, 3.63) is 47.8 Å². The Morgan fingerprint density at radius 1 is 1.09 bits per heavy atom. The summed E-state index contributed by atoms with van der Waals surface area (Å²) < 4.78 is 7.53. The third-order valence-corrected chi connectivity index (χ3v) is 7.02. The minimum atomic E-state index is 0.108. The lowest BCUT2D eigenvalue weighted by Crippen LogP contribution is -2.46. The van der Waals surface area contributed by atoms with Crippen molar-refractivity contribution in [1.82, 2.24) is 19.7 Å². The number of hydrogen-bond acceptors (Lipinski definition) is 7. The Balaban J connectivity index is 1.30. The van der Waals surface area contributed by atoms with Crippen molar-refractivity contribution >= 4 is 28.2 Å². The van der Waals surface area contributed by atoms with Gasteiger partial charge in [0.05, 0.1) is 17.3 Å². The molecule has 0 aliphatic carbocycles. The van der Waals surface area contributed by atoms with E-state index in [2.05, 4.69) is 39.3 Å². The van der Waals surface area contributed by atoms with Gasteiger partial charge in [0.25, 0.3) is 0 Å². The molecule has 2 aliphatic rings. The first-order valence-corrected chi connectivity index (χ1v) is 12.4. The lowest BCUT2D eigenvalue weighted by molar-refractivity contribution is 0.0904. The molecule has 34 heavy (non-hydrogen) atoms. The van der Waals surface area contributed by atoms with Crippen molar-refractivity contribution in [2.24, 2.45) is 0 Å². The number of benzene rings is 1. The normalized spacial score (nSPS) is 17.9. The summed E-state index contributed by atoms with van der Waals surface area (Å²) in [4.78, 5) is 21.2. The predicted molar refractivity (Wildman–Crippen MR) is 135 cm³/mol. The highest BCUT2D eigenvalue weighted by molar-refractivity contribution is 5.94. The largest absolute Gasteiger partial charge is 0.381 e. The number of piperazine rings is 1. The summed E-state index contributed by atoms with van der Waals surface area (Å²) >= 11 is 0. The molecule has 0 radical (unpaired) electrons. The molecule has 2 aromatic heterocycles. The van der Waals surface area contributed by atoms with E-state index >= 15 is 0 Å². The van der Waals surface area contributed by atoms with E-state index in [1.54, 1.807) is 6.92 Å². The fraction of sp³-hybridized carbons (Fsp3) is 0.500. The van der Waals surface area contributed by atoms with Gasteiger partial charge in [0.15, 0.2) is 11.4 Å². The van der Waals surface area contributed by atoms with Gasteiger partial charge in [-0.3, -0.25) is 9.69 Å². The zero-order valence-electron chi connectivity index (χ0n) is 20.2. The number of pyridine rings is 1. The van der Waals surface area contributed by atoms with Gasteiger partial charge in [0, 0.05) is 81.5 Å². The number of rotatable bonds is 7. The molecule has 0 unspecified atom stereocenters. The van der Waals surface area contributed by atoms with Crippen LogP contribution in [0, 0.1) is 0 Å². The number of ketones is 1. The molecule has 3 aromatic rings. The SMILES string of the molecule is CCn1ncc2c(NC3CCOCC3)c(CN3CCN(c4ccc(C(C)=O)cc4)CC3)cnc21. The number of aromatic nitrogens is 3. The summed E-state index contributed by atoms with van der Waals surface area (Å²) in [6, 6.07) is 8.39. The Bertz CT molecular complexity index is 1130. The van der Waals surface area contributed by atoms with Crippen molar-refractivity contribution < 1.29 is 9.53 Å². The molecule has 8 heteroatoms. The number of hydrogen-bond donors (Lipinski definition) is 1. The van der Waals surface area contributed by atoms with E-state index in [1.165, 1.54) is 16.9 Å². The van der Waals surface area contributed by atoms with E-state index in [4.69, 9.17) is 9.72 Å². The van der Waals surface area contributed by atoms with Crippen molar-refractivity contribution in [3.8, 4) is 0 Å². The van der Waals surface area contributed by atoms with E-state index in [-0.39, 0.29) is 5.78 Å². The molecule has 8 nitrogen and oxygen atoms in total. The van der Waals surface area contributed by atoms with Gasteiger partial charge in [-0.05, 0) is 51.0 Å². The highest BCUT2D eigenvalue weighted by Crippen LogP contribution is 2.30. The van der Waals surface area contributed by atoms with Gasteiger partial charge in [-0.25, -0.2) is 9.67 Å². The minimum absolute atomic E-state index is 0.108. The number of aryl methyl sites for hydroxylation is 1. The first-order valence-electron chi connectivity index (χ1n) is 12.4. The Morgan fingerprint density at radius 2 is 1.82 bits per heavy atom. The third kappa shape index (κ3) is 4.79. The number of ether oxygens (including phenoxy) is 1. The quantitative estimate of drug-likeness (QED) is 0.538. The fourth-order valence-corrected chi connectivity index (χ4v) is 4.95. The summed E-state index contributed by atoms with van der Waals surface area (Å²) in [7, 11) is 0. The number of anilines is 2. The first-order chi connectivity index (χ1) is 16.6. The van der Waals surface area contributed by atoms with Crippen molar-refractivity contribution in [2.45, 2.75) is 45.8 Å². The van der Waals surface area contributed by atoms with Crippen LogP contribution in [0.2, 0.25) is 0 Å². The number of carbonyl (C=O) groups is 1. The maximum atomic E-state index is 11.6. The van der Waals surface area contributed by atoms with Gasteiger partial charge in [-0.15, -0.1) is 0 Å². The van der Waals surface area contributed by atoms with Crippen molar-refractivity contribution in [2.75, 3.05) is 49.6 Å². The van der Waals surface area contributed by atoms with E-state index < -0.39 is 0 Å². The summed E-state index contributed by atoms with van der Waals surface area (Å²) in [6.07, 6.45) is 6.03. The molecular formula is C26H34N6O2. The minimum Gasteiger partial charge on any atom is -0.381 e. The average molecular weight is 463 g/mol. The summed E-state index contributed by atoms with van der Waals surface area (Å²) in [5, 5.41) is 9.50. The Hall–Kier alpha value is -2.97. The molecule has 5 rings (SSSR count). The lowest BCUT2D eigenvalue weighted by Gasteiger charge is -2.36. The van der Waals surface area contributed by atoms with Gasteiger partial charge >= 0.3 is 0 Å². The molecule has 2 aliphatic heterocycles. The maximum absolute atomic E-state index is 11.6. The monoisotopic (exact) mass is 462 g/mol. The molecule has 0 saturated carbocycles. The Labute approximate surface area is 200 Å². The van der Waals surface area contributed by atoms with Gasteiger partial charge in [0.2, 0.25) is 0 Å². The Kier molecular flexibility index (Phi) is 6.78. The third-order valence-electron chi connectivity index (χ3n) is 7.02. The van der Waals surface area contributed by atoms with Gasteiger partial charge in [0.1, 0.15) is 0 Å². The molecule has 2 saturated heterocycles.